The lowest BCUT2D eigenvalue weighted by Crippen LogP contribution is -2.38. The Hall–Kier alpha value is -1.36. The monoisotopic (exact) mass is 243 g/mol. The van der Waals surface area contributed by atoms with Crippen LogP contribution in [0.2, 0.25) is 0 Å². The van der Waals surface area contributed by atoms with Gasteiger partial charge in [-0.25, -0.2) is 17.6 Å². The summed E-state index contributed by atoms with van der Waals surface area (Å²) in [5.74, 6) is -7.13. The molecule has 0 fully saturated rings. The summed E-state index contributed by atoms with van der Waals surface area (Å²) in [6.45, 7) is 0. The van der Waals surface area contributed by atoms with Crippen molar-refractivity contribution in [1.29, 1.82) is 0 Å². The van der Waals surface area contributed by atoms with Crippen LogP contribution >= 0.6 is 0 Å². The molecule has 0 radical (unpaired) electrons. The predicted octanol–water partition coefficient (Wildman–Crippen LogP) is 2.71. The minimum Gasteiger partial charge on any atom is -0.327 e. The fourth-order valence-electron chi connectivity index (χ4n) is 2.79. The summed E-state index contributed by atoms with van der Waals surface area (Å²) < 4.78 is 53.7. The third-order valence-corrected chi connectivity index (χ3v) is 3.58. The Kier molecular flexibility index (Phi) is 2.10. The summed E-state index contributed by atoms with van der Waals surface area (Å²) in [4.78, 5) is 0. The van der Waals surface area contributed by atoms with Crippen LogP contribution in [0.4, 0.5) is 17.6 Å². The van der Waals surface area contributed by atoms with Gasteiger partial charge in [-0.1, -0.05) is 12.2 Å². The minimum absolute atomic E-state index is 0.0735. The van der Waals surface area contributed by atoms with Crippen molar-refractivity contribution < 1.29 is 17.6 Å². The van der Waals surface area contributed by atoms with E-state index >= 15 is 0 Å². The Bertz CT molecular complexity index is 538. The number of halogens is 4. The number of nitrogens with two attached hydrogens (primary N) is 1. The third-order valence-electron chi connectivity index (χ3n) is 3.58. The molecule has 0 saturated heterocycles. The van der Waals surface area contributed by atoms with E-state index in [1.165, 1.54) is 0 Å². The molecule has 0 spiro atoms. The van der Waals surface area contributed by atoms with Gasteiger partial charge in [0, 0.05) is 29.0 Å². The smallest absolute Gasteiger partial charge is 0.197 e. The Morgan fingerprint density at radius 3 is 2.06 bits per heavy atom. The molecule has 4 rings (SSSR count). The molecule has 5 heteroatoms. The molecule has 0 amide bonds. The van der Waals surface area contributed by atoms with Gasteiger partial charge in [0.2, 0.25) is 0 Å². The highest BCUT2D eigenvalue weighted by Crippen LogP contribution is 2.47. The van der Waals surface area contributed by atoms with Gasteiger partial charge in [-0.3, -0.25) is 0 Å². The highest BCUT2D eigenvalue weighted by Gasteiger charge is 2.41. The fourth-order valence-corrected chi connectivity index (χ4v) is 2.79. The molecular formula is C12H9F4N. The molecule has 1 aromatic rings. The lowest BCUT2D eigenvalue weighted by molar-refractivity contribution is 0.366. The molecule has 3 aliphatic carbocycles. The lowest BCUT2D eigenvalue weighted by Gasteiger charge is -2.38. The van der Waals surface area contributed by atoms with Crippen molar-refractivity contribution in [2.75, 3.05) is 0 Å². The van der Waals surface area contributed by atoms with Crippen LogP contribution in [-0.4, -0.2) is 6.04 Å². The molecule has 0 heterocycles. The topological polar surface area (TPSA) is 26.0 Å². The SMILES string of the molecule is N[C@@H]1C[C@H]2C=C[C@H]1c1c(F)c(F)c(F)c(F)c12. The van der Waals surface area contributed by atoms with Crippen molar-refractivity contribution in [3.8, 4) is 0 Å². The van der Waals surface area contributed by atoms with E-state index in [4.69, 9.17) is 5.73 Å². The second kappa shape index (κ2) is 3.32. The maximum atomic E-state index is 13.7. The Morgan fingerprint density at radius 2 is 1.47 bits per heavy atom. The second-order valence-corrected chi connectivity index (χ2v) is 4.50. The average molecular weight is 243 g/mol. The van der Waals surface area contributed by atoms with E-state index in [0.29, 0.717) is 6.42 Å². The summed E-state index contributed by atoms with van der Waals surface area (Å²) in [6.07, 6.45) is 3.74. The fraction of sp³-hybridized carbons (Fsp3) is 0.333. The molecule has 2 N–H and O–H groups in total. The second-order valence-electron chi connectivity index (χ2n) is 4.50. The van der Waals surface area contributed by atoms with Crippen LogP contribution in [0.5, 0.6) is 0 Å². The van der Waals surface area contributed by atoms with Gasteiger partial charge in [-0.2, -0.15) is 0 Å². The molecule has 17 heavy (non-hydrogen) atoms. The molecule has 3 aliphatic rings. The standard InChI is InChI=1S/C12H9F4N/c13-9-7-4-1-2-5(6(17)3-4)8(7)10(14)12(16)11(9)15/h1-2,4-6H,3,17H2/t4-,5-,6-/m1/s1. The number of hydrogen-bond acceptors (Lipinski definition) is 1. The van der Waals surface area contributed by atoms with E-state index in [0.717, 1.165) is 0 Å². The predicted molar refractivity (Wildman–Crippen MR) is 53.5 cm³/mol. The zero-order valence-corrected chi connectivity index (χ0v) is 8.68. The first-order valence-corrected chi connectivity index (χ1v) is 5.32. The van der Waals surface area contributed by atoms with Crippen LogP contribution in [0.1, 0.15) is 29.4 Å². The first-order chi connectivity index (χ1) is 8.02. The Labute approximate surface area is 94.9 Å². The van der Waals surface area contributed by atoms with Gasteiger partial charge in [0.15, 0.2) is 23.3 Å². The van der Waals surface area contributed by atoms with E-state index in [2.05, 4.69) is 0 Å². The maximum absolute atomic E-state index is 13.7. The first-order valence-electron chi connectivity index (χ1n) is 5.32. The van der Waals surface area contributed by atoms with Gasteiger partial charge < -0.3 is 5.73 Å². The number of hydrogen-bond donors (Lipinski definition) is 1. The van der Waals surface area contributed by atoms with Gasteiger partial charge in [-0.05, 0) is 6.42 Å². The zero-order chi connectivity index (χ0) is 12.3. The van der Waals surface area contributed by atoms with Crippen molar-refractivity contribution in [2.45, 2.75) is 24.3 Å². The molecule has 90 valence electrons. The van der Waals surface area contributed by atoms with Crippen LogP contribution < -0.4 is 5.73 Å². The number of rotatable bonds is 0. The van der Waals surface area contributed by atoms with E-state index in [-0.39, 0.29) is 17.2 Å². The van der Waals surface area contributed by atoms with E-state index in [1.807, 2.05) is 0 Å². The molecule has 3 atom stereocenters. The summed E-state index contributed by atoms with van der Waals surface area (Å²) >= 11 is 0. The number of fused-ring (bicyclic) bond motifs is 1. The molecule has 1 aromatic carbocycles. The molecule has 2 bridgehead atoms. The van der Waals surface area contributed by atoms with Crippen LogP contribution in [0.3, 0.4) is 0 Å². The average Bonchev–Trinajstić information content (AvgIpc) is 2.33. The molecule has 0 aliphatic heterocycles. The Morgan fingerprint density at radius 1 is 0.882 bits per heavy atom. The minimum atomic E-state index is -1.76. The lowest BCUT2D eigenvalue weighted by atomic mass is 9.68. The molecular weight excluding hydrogens is 234 g/mol. The van der Waals surface area contributed by atoms with Crippen molar-refractivity contribution in [3.05, 3.63) is 46.5 Å². The van der Waals surface area contributed by atoms with E-state index < -0.39 is 35.1 Å². The van der Waals surface area contributed by atoms with Crippen LogP contribution in [0.25, 0.3) is 0 Å². The van der Waals surface area contributed by atoms with Crippen LogP contribution in [0.15, 0.2) is 12.2 Å². The van der Waals surface area contributed by atoms with Crippen molar-refractivity contribution >= 4 is 0 Å². The molecule has 0 aromatic heterocycles. The van der Waals surface area contributed by atoms with Gasteiger partial charge in [0.25, 0.3) is 0 Å². The summed E-state index contributed by atoms with van der Waals surface area (Å²) in [6, 6.07) is -0.378. The van der Waals surface area contributed by atoms with Gasteiger partial charge in [-0.15, -0.1) is 0 Å². The van der Waals surface area contributed by atoms with Crippen molar-refractivity contribution in [1.82, 2.24) is 0 Å². The summed E-state index contributed by atoms with van der Waals surface area (Å²) in [5.41, 5.74) is 5.59. The van der Waals surface area contributed by atoms with Crippen molar-refractivity contribution in [2.24, 2.45) is 5.73 Å². The highest BCUT2D eigenvalue weighted by molar-refractivity contribution is 5.48. The largest absolute Gasteiger partial charge is 0.327 e. The molecule has 0 unspecified atom stereocenters. The normalized spacial score (nSPS) is 29.6. The van der Waals surface area contributed by atoms with Gasteiger partial charge in [0.1, 0.15) is 0 Å². The maximum Gasteiger partial charge on any atom is 0.197 e. The number of benzene rings is 1. The summed E-state index contributed by atoms with van der Waals surface area (Å²) in [7, 11) is 0. The van der Waals surface area contributed by atoms with Crippen LogP contribution in [-0.2, 0) is 0 Å². The van der Waals surface area contributed by atoms with Crippen LogP contribution in [0, 0.1) is 23.3 Å². The zero-order valence-electron chi connectivity index (χ0n) is 8.68. The van der Waals surface area contributed by atoms with Gasteiger partial charge >= 0.3 is 0 Å². The third kappa shape index (κ3) is 1.23. The van der Waals surface area contributed by atoms with Gasteiger partial charge in [0.05, 0.1) is 0 Å². The van der Waals surface area contributed by atoms with Crippen molar-refractivity contribution in [3.63, 3.8) is 0 Å². The van der Waals surface area contributed by atoms with E-state index in [9.17, 15) is 17.6 Å². The molecule has 1 nitrogen and oxygen atoms in total. The summed E-state index contributed by atoms with van der Waals surface area (Å²) in [5, 5.41) is 0. The first kappa shape index (κ1) is 10.8. The highest BCUT2D eigenvalue weighted by atomic mass is 19.2. The number of allylic oxidation sites excluding steroid dienone is 1. The molecule has 0 saturated carbocycles. The quantitative estimate of drug-likeness (QED) is 0.322. The Balaban J connectivity index is 2.36. The van der Waals surface area contributed by atoms with E-state index in [1.54, 1.807) is 12.2 Å².